The molecule has 2 unspecified atom stereocenters. The smallest absolute Gasteiger partial charge is 0.308 e. The van der Waals surface area contributed by atoms with Gasteiger partial charge in [0.2, 0.25) is 11.8 Å². The second kappa shape index (κ2) is 6.93. The number of carbonyl (C=O) groups is 3. The number of benzene rings is 1. The summed E-state index contributed by atoms with van der Waals surface area (Å²) in [5.74, 6) is -1.95. The molecule has 0 saturated carbocycles. The van der Waals surface area contributed by atoms with E-state index in [9.17, 15) is 14.4 Å². The van der Waals surface area contributed by atoms with E-state index in [-0.39, 0.29) is 24.8 Å². The molecule has 1 N–H and O–H groups in total. The zero-order valence-electron chi connectivity index (χ0n) is 13.2. The van der Waals surface area contributed by atoms with Crippen molar-refractivity contribution in [2.24, 2.45) is 11.8 Å². The molecule has 2 heterocycles. The Morgan fingerprint density at radius 1 is 1.17 bits per heavy atom. The van der Waals surface area contributed by atoms with Crippen LogP contribution < -0.4 is 4.90 Å². The Morgan fingerprint density at radius 2 is 1.92 bits per heavy atom. The third kappa shape index (κ3) is 3.31. The van der Waals surface area contributed by atoms with Crippen LogP contribution in [0, 0.1) is 11.8 Å². The third-order valence-corrected chi connectivity index (χ3v) is 5.37. The predicted octanol–water partition coefficient (Wildman–Crippen LogP) is 2.13. The van der Waals surface area contributed by atoms with Crippen molar-refractivity contribution in [3.05, 3.63) is 28.7 Å². The van der Waals surface area contributed by atoms with Crippen molar-refractivity contribution in [2.75, 3.05) is 24.5 Å². The topological polar surface area (TPSA) is 77.9 Å². The van der Waals surface area contributed by atoms with E-state index in [4.69, 9.17) is 5.11 Å². The van der Waals surface area contributed by atoms with E-state index in [0.717, 1.165) is 10.2 Å². The molecule has 1 aromatic rings. The minimum Gasteiger partial charge on any atom is -0.481 e. The molecule has 0 aliphatic carbocycles. The van der Waals surface area contributed by atoms with E-state index in [0.29, 0.717) is 25.9 Å². The van der Waals surface area contributed by atoms with Crippen molar-refractivity contribution in [1.82, 2.24) is 4.90 Å². The van der Waals surface area contributed by atoms with E-state index >= 15 is 0 Å². The molecule has 0 spiro atoms. The zero-order valence-corrected chi connectivity index (χ0v) is 14.7. The Hall–Kier alpha value is -1.89. The van der Waals surface area contributed by atoms with Crippen molar-refractivity contribution < 1.29 is 19.5 Å². The minimum absolute atomic E-state index is 0.0768. The number of para-hydroxylation sites is 1. The van der Waals surface area contributed by atoms with Gasteiger partial charge in [-0.2, -0.15) is 0 Å². The molecule has 6 nitrogen and oxygen atoms in total. The van der Waals surface area contributed by atoms with E-state index in [2.05, 4.69) is 15.9 Å². The summed E-state index contributed by atoms with van der Waals surface area (Å²) >= 11 is 3.44. The number of hydrogen-bond donors (Lipinski definition) is 1. The standard InChI is InChI=1S/C17H19BrN2O4/c18-13-5-1-2-6-14(13)20-10-12(8-15(20)21)16(22)19-7-3-4-11(9-19)17(23)24/h1-2,5-6,11-12H,3-4,7-10H2,(H,23,24). The summed E-state index contributed by atoms with van der Waals surface area (Å²) in [7, 11) is 0. The highest BCUT2D eigenvalue weighted by molar-refractivity contribution is 9.10. The van der Waals surface area contributed by atoms with Gasteiger partial charge in [-0.3, -0.25) is 14.4 Å². The number of carboxylic acid groups (broad SMARTS) is 1. The van der Waals surface area contributed by atoms with E-state index < -0.39 is 17.8 Å². The molecule has 3 rings (SSSR count). The first kappa shape index (κ1) is 17.0. The molecule has 0 bridgehead atoms. The average Bonchev–Trinajstić information content (AvgIpc) is 2.96. The summed E-state index contributed by atoms with van der Waals surface area (Å²) < 4.78 is 0.815. The number of hydrogen-bond acceptors (Lipinski definition) is 3. The predicted molar refractivity (Wildman–Crippen MR) is 91.5 cm³/mol. The van der Waals surface area contributed by atoms with Crippen LogP contribution in [0.1, 0.15) is 19.3 Å². The average molecular weight is 395 g/mol. The quantitative estimate of drug-likeness (QED) is 0.851. The lowest BCUT2D eigenvalue weighted by Gasteiger charge is -2.32. The second-order valence-corrected chi connectivity index (χ2v) is 7.17. The Morgan fingerprint density at radius 3 is 2.62 bits per heavy atom. The van der Waals surface area contributed by atoms with Gasteiger partial charge in [-0.1, -0.05) is 12.1 Å². The monoisotopic (exact) mass is 394 g/mol. The molecule has 2 aliphatic rings. The van der Waals surface area contributed by atoms with Crippen molar-refractivity contribution in [3.63, 3.8) is 0 Å². The van der Waals surface area contributed by atoms with Crippen molar-refractivity contribution >= 4 is 39.4 Å². The van der Waals surface area contributed by atoms with Crippen LogP contribution in [0.3, 0.4) is 0 Å². The molecule has 2 amide bonds. The molecule has 0 aromatic heterocycles. The number of aliphatic carboxylic acids is 1. The molecule has 2 atom stereocenters. The Bertz CT molecular complexity index is 678. The minimum atomic E-state index is -0.857. The highest BCUT2D eigenvalue weighted by atomic mass is 79.9. The summed E-state index contributed by atoms with van der Waals surface area (Å²) in [5, 5.41) is 9.16. The number of carboxylic acids is 1. The molecule has 24 heavy (non-hydrogen) atoms. The molecular weight excluding hydrogens is 376 g/mol. The SMILES string of the molecule is O=C(O)C1CCCN(C(=O)C2CC(=O)N(c3ccccc3Br)C2)C1. The zero-order chi connectivity index (χ0) is 17.3. The Labute approximate surface area is 148 Å². The van der Waals surface area contributed by atoms with Crippen LogP contribution in [0.15, 0.2) is 28.7 Å². The summed E-state index contributed by atoms with van der Waals surface area (Å²) in [6.45, 7) is 1.16. The van der Waals surface area contributed by atoms with Gasteiger partial charge in [0.05, 0.1) is 17.5 Å². The van der Waals surface area contributed by atoms with Crippen molar-refractivity contribution in [2.45, 2.75) is 19.3 Å². The molecule has 1 aromatic carbocycles. The van der Waals surface area contributed by atoms with Gasteiger partial charge < -0.3 is 14.9 Å². The highest BCUT2D eigenvalue weighted by Gasteiger charge is 2.39. The summed E-state index contributed by atoms with van der Waals surface area (Å²) in [6.07, 6.45) is 1.47. The van der Waals surface area contributed by atoms with Gasteiger partial charge in [0, 0.05) is 30.5 Å². The molecule has 0 radical (unpaired) electrons. The van der Waals surface area contributed by atoms with Crippen molar-refractivity contribution in [3.8, 4) is 0 Å². The van der Waals surface area contributed by atoms with Crippen LogP contribution >= 0.6 is 15.9 Å². The summed E-state index contributed by atoms with van der Waals surface area (Å²) in [6, 6.07) is 7.43. The Balaban J connectivity index is 1.70. The lowest BCUT2D eigenvalue weighted by Crippen LogP contribution is -2.45. The molecule has 2 fully saturated rings. The fourth-order valence-electron chi connectivity index (χ4n) is 3.41. The maximum atomic E-state index is 12.7. The number of anilines is 1. The van der Waals surface area contributed by atoms with Gasteiger partial charge in [0.1, 0.15) is 0 Å². The van der Waals surface area contributed by atoms with Gasteiger partial charge in [0.15, 0.2) is 0 Å². The first-order chi connectivity index (χ1) is 11.5. The number of carbonyl (C=O) groups excluding carboxylic acids is 2. The number of rotatable bonds is 3. The van der Waals surface area contributed by atoms with Gasteiger partial charge in [-0.25, -0.2) is 0 Å². The number of amides is 2. The first-order valence-corrected chi connectivity index (χ1v) is 8.83. The molecule has 7 heteroatoms. The van der Waals surface area contributed by atoms with E-state index in [1.54, 1.807) is 9.80 Å². The lowest BCUT2D eigenvalue weighted by molar-refractivity contribution is -0.146. The highest BCUT2D eigenvalue weighted by Crippen LogP contribution is 2.32. The largest absolute Gasteiger partial charge is 0.481 e. The lowest BCUT2D eigenvalue weighted by atomic mass is 9.96. The first-order valence-electron chi connectivity index (χ1n) is 8.04. The van der Waals surface area contributed by atoms with Crippen LogP contribution in [0.25, 0.3) is 0 Å². The molecular formula is C17H19BrN2O4. The number of nitrogens with zero attached hydrogens (tertiary/aromatic N) is 2. The van der Waals surface area contributed by atoms with Crippen LogP contribution in [-0.2, 0) is 14.4 Å². The van der Waals surface area contributed by atoms with Crippen LogP contribution in [0.2, 0.25) is 0 Å². The summed E-state index contributed by atoms with van der Waals surface area (Å²) in [5.41, 5.74) is 0.764. The third-order valence-electron chi connectivity index (χ3n) is 4.70. The maximum absolute atomic E-state index is 12.7. The number of likely N-dealkylation sites (tertiary alicyclic amines) is 1. The maximum Gasteiger partial charge on any atom is 0.308 e. The molecule has 2 aliphatic heterocycles. The fraction of sp³-hybridized carbons (Fsp3) is 0.471. The van der Waals surface area contributed by atoms with Gasteiger partial charge >= 0.3 is 5.97 Å². The van der Waals surface area contributed by atoms with E-state index in [1.807, 2.05) is 24.3 Å². The number of piperidine rings is 1. The van der Waals surface area contributed by atoms with Crippen LogP contribution in [-0.4, -0.2) is 47.4 Å². The van der Waals surface area contributed by atoms with Crippen LogP contribution in [0.5, 0.6) is 0 Å². The van der Waals surface area contributed by atoms with Gasteiger partial charge in [0.25, 0.3) is 0 Å². The van der Waals surface area contributed by atoms with Crippen molar-refractivity contribution in [1.29, 1.82) is 0 Å². The normalized spacial score (nSPS) is 24.3. The summed E-state index contributed by atoms with van der Waals surface area (Å²) in [4.78, 5) is 39.5. The van der Waals surface area contributed by atoms with Gasteiger partial charge in [-0.15, -0.1) is 0 Å². The second-order valence-electron chi connectivity index (χ2n) is 6.32. The Kier molecular flexibility index (Phi) is 4.89. The van der Waals surface area contributed by atoms with Gasteiger partial charge in [-0.05, 0) is 40.9 Å². The van der Waals surface area contributed by atoms with Crippen LogP contribution in [0.4, 0.5) is 5.69 Å². The fourth-order valence-corrected chi connectivity index (χ4v) is 3.91. The molecule has 128 valence electrons. The van der Waals surface area contributed by atoms with E-state index in [1.165, 1.54) is 0 Å². The number of halogens is 1. The molecule has 2 saturated heterocycles.